The first-order chi connectivity index (χ1) is 7.74. The Morgan fingerprint density at radius 1 is 1.19 bits per heavy atom. The van der Waals surface area contributed by atoms with Crippen molar-refractivity contribution in [2.24, 2.45) is 0 Å². The average Bonchev–Trinajstić information content (AvgIpc) is 2.62. The van der Waals surface area contributed by atoms with Gasteiger partial charge in [0.25, 0.3) is 0 Å². The summed E-state index contributed by atoms with van der Waals surface area (Å²) in [6.07, 6.45) is 4.06. The summed E-state index contributed by atoms with van der Waals surface area (Å²) in [7, 11) is 0. The molecule has 3 heteroatoms. The Labute approximate surface area is 95.7 Å². The number of aryl methyl sites for hydroxylation is 2. The molecule has 0 saturated heterocycles. The van der Waals surface area contributed by atoms with E-state index in [0.29, 0.717) is 5.69 Å². The molecule has 1 heterocycles. The Bertz CT molecular complexity index is 488. The molecule has 1 aromatic carbocycles. The van der Waals surface area contributed by atoms with Crippen LogP contribution in [0.3, 0.4) is 0 Å². The van der Waals surface area contributed by atoms with Crippen LogP contribution in [-0.2, 0) is 12.8 Å². The molecule has 0 aliphatic carbocycles. The molecular formula is C13H18N2O. The van der Waals surface area contributed by atoms with Crippen LogP contribution in [0.4, 0.5) is 5.69 Å². The number of hydrogen-bond acceptors (Lipinski definition) is 3. The van der Waals surface area contributed by atoms with E-state index < -0.39 is 0 Å². The maximum absolute atomic E-state index is 5.96. The van der Waals surface area contributed by atoms with Crippen LogP contribution in [0.2, 0.25) is 0 Å². The van der Waals surface area contributed by atoms with Gasteiger partial charge in [0.2, 0.25) is 0 Å². The second-order valence-corrected chi connectivity index (χ2v) is 4.14. The van der Waals surface area contributed by atoms with Crippen molar-refractivity contribution in [1.82, 2.24) is 4.98 Å². The van der Waals surface area contributed by atoms with E-state index in [-0.39, 0.29) is 0 Å². The highest BCUT2D eigenvalue weighted by atomic mass is 16.3. The van der Waals surface area contributed by atoms with E-state index in [0.717, 1.165) is 42.7 Å². The third-order valence-corrected chi connectivity index (χ3v) is 2.63. The second kappa shape index (κ2) is 4.56. The van der Waals surface area contributed by atoms with Crippen molar-refractivity contribution in [3.05, 3.63) is 23.6 Å². The first-order valence-corrected chi connectivity index (χ1v) is 5.92. The van der Waals surface area contributed by atoms with Gasteiger partial charge < -0.3 is 10.2 Å². The highest BCUT2D eigenvalue weighted by molar-refractivity contribution is 5.85. The number of rotatable bonds is 4. The number of hydrogen-bond donors (Lipinski definition) is 1. The fourth-order valence-corrected chi connectivity index (χ4v) is 1.92. The third kappa shape index (κ3) is 2.03. The largest absolute Gasteiger partial charge is 0.439 e. The van der Waals surface area contributed by atoms with Gasteiger partial charge in [-0.05, 0) is 30.5 Å². The molecule has 16 heavy (non-hydrogen) atoms. The SMILES string of the molecule is CCCc1cc(N)c2oc(CCC)nc2c1. The third-order valence-electron chi connectivity index (χ3n) is 2.63. The van der Waals surface area contributed by atoms with Gasteiger partial charge in [0.15, 0.2) is 11.5 Å². The van der Waals surface area contributed by atoms with E-state index in [1.165, 1.54) is 5.56 Å². The number of nitrogens with two attached hydrogens (primary N) is 1. The highest BCUT2D eigenvalue weighted by Crippen LogP contribution is 2.25. The first kappa shape index (κ1) is 11.0. The minimum Gasteiger partial charge on any atom is -0.439 e. The molecule has 0 fully saturated rings. The van der Waals surface area contributed by atoms with Gasteiger partial charge in [0.1, 0.15) is 5.52 Å². The van der Waals surface area contributed by atoms with Crippen molar-refractivity contribution in [2.45, 2.75) is 39.5 Å². The number of nitrogen functional groups attached to an aromatic ring is 1. The predicted molar refractivity (Wildman–Crippen MR) is 66.4 cm³/mol. The molecule has 0 bridgehead atoms. The number of aromatic nitrogens is 1. The molecule has 0 unspecified atom stereocenters. The van der Waals surface area contributed by atoms with Gasteiger partial charge in [0, 0.05) is 6.42 Å². The Morgan fingerprint density at radius 3 is 2.62 bits per heavy atom. The summed E-state index contributed by atoms with van der Waals surface area (Å²) in [6, 6.07) is 4.07. The fraction of sp³-hybridized carbons (Fsp3) is 0.462. The molecule has 0 atom stereocenters. The van der Waals surface area contributed by atoms with Crippen LogP contribution >= 0.6 is 0 Å². The molecule has 2 rings (SSSR count). The zero-order chi connectivity index (χ0) is 11.5. The van der Waals surface area contributed by atoms with E-state index in [4.69, 9.17) is 10.2 Å². The zero-order valence-corrected chi connectivity index (χ0v) is 9.92. The molecule has 0 aliphatic heterocycles. The molecule has 0 aliphatic rings. The maximum atomic E-state index is 5.96. The van der Waals surface area contributed by atoms with Crippen LogP contribution < -0.4 is 5.73 Å². The average molecular weight is 218 g/mol. The minimum atomic E-state index is 0.704. The van der Waals surface area contributed by atoms with E-state index in [1.807, 2.05) is 6.07 Å². The monoisotopic (exact) mass is 218 g/mol. The van der Waals surface area contributed by atoms with Crippen molar-refractivity contribution >= 4 is 16.8 Å². The van der Waals surface area contributed by atoms with Gasteiger partial charge in [0.05, 0.1) is 5.69 Å². The molecule has 3 nitrogen and oxygen atoms in total. The van der Waals surface area contributed by atoms with Crippen LogP contribution in [0.1, 0.15) is 38.1 Å². The Balaban J connectivity index is 2.45. The normalized spacial score (nSPS) is 11.1. The van der Waals surface area contributed by atoms with Crippen LogP contribution in [0, 0.1) is 0 Å². The number of anilines is 1. The van der Waals surface area contributed by atoms with Crippen molar-refractivity contribution < 1.29 is 4.42 Å². The number of fused-ring (bicyclic) bond motifs is 1. The van der Waals surface area contributed by atoms with Crippen LogP contribution in [-0.4, -0.2) is 4.98 Å². The molecule has 2 aromatic rings. The molecule has 0 radical (unpaired) electrons. The number of oxazole rings is 1. The van der Waals surface area contributed by atoms with Gasteiger partial charge in [-0.3, -0.25) is 0 Å². The van der Waals surface area contributed by atoms with Gasteiger partial charge in [-0.15, -0.1) is 0 Å². The zero-order valence-electron chi connectivity index (χ0n) is 9.92. The lowest BCUT2D eigenvalue weighted by Crippen LogP contribution is -1.90. The predicted octanol–water partition coefficient (Wildman–Crippen LogP) is 3.32. The maximum Gasteiger partial charge on any atom is 0.195 e. The van der Waals surface area contributed by atoms with Gasteiger partial charge in [-0.1, -0.05) is 20.3 Å². The smallest absolute Gasteiger partial charge is 0.195 e. The summed E-state index contributed by atoms with van der Waals surface area (Å²) < 4.78 is 5.64. The van der Waals surface area contributed by atoms with Crippen molar-refractivity contribution in [3.63, 3.8) is 0 Å². The molecule has 86 valence electrons. The summed E-state index contributed by atoms with van der Waals surface area (Å²) in [4.78, 5) is 4.46. The molecule has 1 aromatic heterocycles. The lowest BCUT2D eigenvalue weighted by atomic mass is 10.1. The molecule has 2 N–H and O–H groups in total. The summed E-state index contributed by atoms with van der Waals surface area (Å²) in [5, 5.41) is 0. The van der Waals surface area contributed by atoms with E-state index in [9.17, 15) is 0 Å². The van der Waals surface area contributed by atoms with E-state index in [2.05, 4.69) is 24.9 Å². The quantitative estimate of drug-likeness (QED) is 0.801. The van der Waals surface area contributed by atoms with Gasteiger partial charge >= 0.3 is 0 Å². The Kier molecular flexibility index (Phi) is 3.13. The standard InChI is InChI=1S/C13H18N2O/c1-3-5-9-7-10(14)13-11(8-9)15-12(16-13)6-4-2/h7-8H,3-6,14H2,1-2H3. The summed E-state index contributed by atoms with van der Waals surface area (Å²) in [5.41, 5.74) is 9.54. The Hall–Kier alpha value is -1.51. The van der Waals surface area contributed by atoms with E-state index >= 15 is 0 Å². The molecular weight excluding hydrogens is 200 g/mol. The van der Waals surface area contributed by atoms with Gasteiger partial charge in [-0.25, -0.2) is 4.98 Å². The topological polar surface area (TPSA) is 52.0 Å². The van der Waals surface area contributed by atoms with E-state index in [1.54, 1.807) is 0 Å². The van der Waals surface area contributed by atoms with Crippen molar-refractivity contribution in [1.29, 1.82) is 0 Å². The lowest BCUT2D eigenvalue weighted by molar-refractivity contribution is 0.526. The minimum absolute atomic E-state index is 0.704. The van der Waals surface area contributed by atoms with Crippen LogP contribution in [0.15, 0.2) is 16.5 Å². The summed E-state index contributed by atoms with van der Waals surface area (Å²) >= 11 is 0. The lowest BCUT2D eigenvalue weighted by Gasteiger charge is -2.00. The van der Waals surface area contributed by atoms with Crippen LogP contribution in [0.25, 0.3) is 11.1 Å². The second-order valence-electron chi connectivity index (χ2n) is 4.14. The van der Waals surface area contributed by atoms with Crippen molar-refractivity contribution in [2.75, 3.05) is 5.73 Å². The van der Waals surface area contributed by atoms with Crippen LogP contribution in [0.5, 0.6) is 0 Å². The summed E-state index contributed by atoms with van der Waals surface area (Å²) in [6.45, 7) is 4.27. The fourth-order valence-electron chi connectivity index (χ4n) is 1.92. The Morgan fingerprint density at radius 2 is 1.94 bits per heavy atom. The number of nitrogens with zero attached hydrogens (tertiary/aromatic N) is 1. The number of benzene rings is 1. The summed E-state index contributed by atoms with van der Waals surface area (Å²) in [5.74, 6) is 0.790. The van der Waals surface area contributed by atoms with Gasteiger partial charge in [-0.2, -0.15) is 0 Å². The van der Waals surface area contributed by atoms with Crippen molar-refractivity contribution in [3.8, 4) is 0 Å². The molecule has 0 spiro atoms. The molecule has 0 saturated carbocycles. The first-order valence-electron chi connectivity index (χ1n) is 5.92. The highest BCUT2D eigenvalue weighted by Gasteiger charge is 2.09. The molecule has 0 amide bonds.